The van der Waals surface area contributed by atoms with Crippen LogP contribution in [-0.2, 0) is 11.8 Å². The van der Waals surface area contributed by atoms with Gasteiger partial charge in [0.15, 0.2) is 0 Å². The standard InChI is InChI=1S/C25H28FN5O2/c1-16-20-14-17(5-7-22(20)30(2)29-16)18-4-6-19(21(26)15-18)23(32)31-12-10-27-24(33)25(8-3-9-25)28-11-13-31/h4-7,14-15,28H,3,8-13H2,1-2H3,(H,27,33). The quantitative estimate of drug-likeness (QED) is 0.631. The summed E-state index contributed by atoms with van der Waals surface area (Å²) in [5.74, 6) is -0.912. The van der Waals surface area contributed by atoms with Crippen molar-refractivity contribution in [3.05, 3.63) is 53.5 Å². The summed E-state index contributed by atoms with van der Waals surface area (Å²) in [6.07, 6.45) is 2.65. The second kappa shape index (κ2) is 8.26. The van der Waals surface area contributed by atoms with Crippen LogP contribution < -0.4 is 10.6 Å². The lowest BCUT2D eigenvalue weighted by atomic mass is 9.76. The fraction of sp³-hybridized carbons (Fsp3) is 0.400. The number of aromatic nitrogens is 2. The van der Waals surface area contributed by atoms with Gasteiger partial charge in [-0.15, -0.1) is 0 Å². The molecular weight excluding hydrogens is 421 g/mol. The van der Waals surface area contributed by atoms with Crippen LogP contribution in [0.1, 0.15) is 35.3 Å². The van der Waals surface area contributed by atoms with E-state index in [1.165, 1.54) is 6.07 Å². The van der Waals surface area contributed by atoms with Crippen LogP contribution in [-0.4, -0.2) is 58.2 Å². The number of fused-ring (bicyclic) bond motifs is 1. The number of benzene rings is 2. The van der Waals surface area contributed by atoms with E-state index in [0.29, 0.717) is 31.7 Å². The fourth-order valence-corrected chi connectivity index (χ4v) is 4.89. The van der Waals surface area contributed by atoms with Crippen LogP contribution in [0.5, 0.6) is 0 Å². The zero-order valence-electron chi connectivity index (χ0n) is 18.9. The van der Waals surface area contributed by atoms with E-state index in [1.54, 1.807) is 17.0 Å². The lowest BCUT2D eigenvalue weighted by Gasteiger charge is -2.40. The van der Waals surface area contributed by atoms with Crippen molar-refractivity contribution in [1.82, 2.24) is 25.3 Å². The van der Waals surface area contributed by atoms with Gasteiger partial charge in [-0.1, -0.05) is 12.1 Å². The molecule has 2 N–H and O–H groups in total. The van der Waals surface area contributed by atoms with E-state index in [1.807, 2.05) is 36.9 Å². The normalized spacial score (nSPS) is 18.4. The monoisotopic (exact) mass is 449 g/mol. The van der Waals surface area contributed by atoms with Gasteiger partial charge in [-0.05, 0) is 61.6 Å². The van der Waals surface area contributed by atoms with Crippen LogP contribution in [0.15, 0.2) is 36.4 Å². The summed E-state index contributed by atoms with van der Waals surface area (Å²) in [4.78, 5) is 27.2. The van der Waals surface area contributed by atoms with E-state index < -0.39 is 11.4 Å². The Bertz CT molecular complexity index is 1250. The highest BCUT2D eigenvalue weighted by molar-refractivity contribution is 5.95. The van der Waals surface area contributed by atoms with Gasteiger partial charge in [-0.25, -0.2) is 4.39 Å². The highest BCUT2D eigenvalue weighted by Gasteiger charge is 2.44. The smallest absolute Gasteiger partial charge is 0.256 e. The SMILES string of the molecule is Cc1nn(C)c2ccc(-c3ccc(C(=O)N4CCNC(=O)C5(CCC5)NCC4)c(F)c3)cc12. The van der Waals surface area contributed by atoms with Gasteiger partial charge < -0.3 is 15.5 Å². The summed E-state index contributed by atoms with van der Waals surface area (Å²) < 4.78 is 16.9. The third-order valence-electron chi connectivity index (χ3n) is 7.01. The van der Waals surface area contributed by atoms with E-state index >= 15 is 4.39 Å². The van der Waals surface area contributed by atoms with Crippen molar-refractivity contribution < 1.29 is 14.0 Å². The summed E-state index contributed by atoms with van der Waals surface area (Å²) in [7, 11) is 1.90. The van der Waals surface area contributed by atoms with Crippen molar-refractivity contribution in [2.75, 3.05) is 26.2 Å². The fourth-order valence-electron chi connectivity index (χ4n) is 4.89. The number of halogens is 1. The first-order chi connectivity index (χ1) is 15.9. The zero-order chi connectivity index (χ0) is 23.2. The number of nitrogens with zero attached hydrogens (tertiary/aromatic N) is 3. The van der Waals surface area contributed by atoms with E-state index in [9.17, 15) is 9.59 Å². The van der Waals surface area contributed by atoms with E-state index in [2.05, 4.69) is 15.7 Å². The lowest BCUT2D eigenvalue weighted by Crippen LogP contribution is -2.61. The number of hydrogen-bond donors (Lipinski definition) is 2. The Kier molecular flexibility index (Phi) is 5.40. The molecule has 1 aromatic heterocycles. The maximum atomic E-state index is 15.1. The molecule has 1 spiro atoms. The molecule has 33 heavy (non-hydrogen) atoms. The second-order valence-corrected chi connectivity index (χ2v) is 9.05. The average molecular weight is 450 g/mol. The molecule has 1 aliphatic heterocycles. The van der Waals surface area contributed by atoms with Crippen molar-refractivity contribution >= 4 is 22.7 Å². The number of hydrogen-bond acceptors (Lipinski definition) is 4. The maximum absolute atomic E-state index is 15.1. The summed E-state index contributed by atoms with van der Waals surface area (Å²) in [6, 6.07) is 10.7. The molecule has 1 aliphatic carbocycles. The molecule has 8 heteroatoms. The zero-order valence-corrected chi connectivity index (χ0v) is 18.9. The van der Waals surface area contributed by atoms with Gasteiger partial charge in [-0.3, -0.25) is 14.3 Å². The molecule has 1 saturated heterocycles. The minimum Gasteiger partial charge on any atom is -0.353 e. The van der Waals surface area contributed by atoms with Crippen LogP contribution in [0.4, 0.5) is 4.39 Å². The van der Waals surface area contributed by atoms with Crippen molar-refractivity contribution in [1.29, 1.82) is 0 Å². The first-order valence-electron chi connectivity index (χ1n) is 11.4. The Labute approximate surface area is 191 Å². The van der Waals surface area contributed by atoms with E-state index in [4.69, 9.17) is 0 Å². The lowest BCUT2D eigenvalue weighted by molar-refractivity contribution is -0.130. The van der Waals surface area contributed by atoms with Crippen LogP contribution in [0, 0.1) is 12.7 Å². The molecular formula is C25H28FN5O2. The Morgan fingerprint density at radius 3 is 2.55 bits per heavy atom. The van der Waals surface area contributed by atoms with Gasteiger partial charge in [0, 0.05) is 38.6 Å². The Balaban J connectivity index is 1.36. The van der Waals surface area contributed by atoms with Gasteiger partial charge in [0.1, 0.15) is 5.82 Å². The molecule has 0 unspecified atom stereocenters. The van der Waals surface area contributed by atoms with Crippen molar-refractivity contribution in [2.24, 2.45) is 7.05 Å². The molecule has 2 amide bonds. The number of carbonyl (C=O) groups excluding carboxylic acids is 2. The molecule has 0 bridgehead atoms. The van der Waals surface area contributed by atoms with E-state index in [-0.39, 0.29) is 17.4 Å². The first-order valence-corrected chi connectivity index (χ1v) is 11.4. The maximum Gasteiger partial charge on any atom is 0.256 e. The molecule has 2 aliphatic rings. The van der Waals surface area contributed by atoms with Gasteiger partial charge in [-0.2, -0.15) is 5.10 Å². The topological polar surface area (TPSA) is 79.3 Å². The van der Waals surface area contributed by atoms with Gasteiger partial charge >= 0.3 is 0 Å². The number of rotatable bonds is 2. The average Bonchev–Trinajstić information content (AvgIpc) is 3.10. The predicted octanol–water partition coefficient (Wildman–Crippen LogP) is 2.77. The number of aryl methyl sites for hydroxylation is 2. The summed E-state index contributed by atoms with van der Waals surface area (Å²) >= 11 is 0. The summed E-state index contributed by atoms with van der Waals surface area (Å²) in [5.41, 5.74) is 3.05. The molecule has 0 radical (unpaired) electrons. The van der Waals surface area contributed by atoms with E-state index in [0.717, 1.165) is 41.4 Å². The van der Waals surface area contributed by atoms with Crippen molar-refractivity contribution in [2.45, 2.75) is 31.7 Å². The number of carbonyl (C=O) groups is 2. The number of amides is 2. The molecule has 3 aromatic rings. The predicted molar refractivity (Wildman–Crippen MR) is 124 cm³/mol. The third kappa shape index (κ3) is 3.78. The van der Waals surface area contributed by atoms with Gasteiger partial charge in [0.2, 0.25) is 5.91 Å². The van der Waals surface area contributed by atoms with Crippen molar-refractivity contribution in [3.63, 3.8) is 0 Å². The van der Waals surface area contributed by atoms with Crippen LogP contribution >= 0.6 is 0 Å². The molecule has 2 aromatic carbocycles. The second-order valence-electron chi connectivity index (χ2n) is 9.05. The molecule has 5 rings (SSSR count). The molecule has 0 atom stereocenters. The first kappa shape index (κ1) is 21.6. The summed E-state index contributed by atoms with van der Waals surface area (Å²) in [5, 5.41) is 11.7. The minimum absolute atomic E-state index is 0.000552. The van der Waals surface area contributed by atoms with Gasteiger partial charge in [0.05, 0.1) is 22.3 Å². The Morgan fingerprint density at radius 1 is 1.09 bits per heavy atom. The highest BCUT2D eigenvalue weighted by atomic mass is 19.1. The Morgan fingerprint density at radius 2 is 1.82 bits per heavy atom. The largest absolute Gasteiger partial charge is 0.353 e. The van der Waals surface area contributed by atoms with Gasteiger partial charge in [0.25, 0.3) is 5.91 Å². The van der Waals surface area contributed by atoms with Crippen molar-refractivity contribution in [3.8, 4) is 11.1 Å². The van der Waals surface area contributed by atoms with Crippen LogP contribution in [0.2, 0.25) is 0 Å². The molecule has 2 heterocycles. The van der Waals surface area contributed by atoms with Crippen LogP contribution in [0.3, 0.4) is 0 Å². The highest BCUT2D eigenvalue weighted by Crippen LogP contribution is 2.32. The summed E-state index contributed by atoms with van der Waals surface area (Å²) in [6.45, 7) is 3.58. The number of nitrogens with one attached hydrogen (secondary N) is 2. The van der Waals surface area contributed by atoms with Crippen LogP contribution in [0.25, 0.3) is 22.0 Å². The molecule has 172 valence electrons. The third-order valence-corrected chi connectivity index (χ3v) is 7.01. The molecule has 1 saturated carbocycles. The molecule has 7 nitrogen and oxygen atoms in total. The minimum atomic E-state index is -0.548. The molecule has 2 fully saturated rings. The Hall–Kier alpha value is -3.26.